The molecule has 0 aliphatic carbocycles. The number of esters is 1. The van der Waals surface area contributed by atoms with Crippen LogP contribution >= 0.6 is 0 Å². The van der Waals surface area contributed by atoms with Gasteiger partial charge in [0.2, 0.25) is 0 Å². The van der Waals surface area contributed by atoms with E-state index in [4.69, 9.17) is 5.11 Å². The lowest BCUT2D eigenvalue weighted by Crippen LogP contribution is -2.34. The first-order valence-corrected chi connectivity index (χ1v) is 11.9. The number of hydrogen-bond donors (Lipinski definition) is 1. The lowest BCUT2D eigenvalue weighted by atomic mass is 9.97. The second kappa shape index (κ2) is 15.2. The molecule has 2 aromatic carbocycles. The molecule has 0 saturated carbocycles. The molecular weight excluding hydrogens is 414 g/mol. The van der Waals surface area contributed by atoms with Crippen LogP contribution in [0.4, 0.5) is 0 Å². The van der Waals surface area contributed by atoms with Crippen LogP contribution in [-0.4, -0.2) is 42.1 Å². The Morgan fingerprint density at radius 2 is 1.27 bits per heavy atom. The summed E-state index contributed by atoms with van der Waals surface area (Å²) in [6.07, 6.45) is 3.44. The summed E-state index contributed by atoms with van der Waals surface area (Å²) in [4.78, 5) is 23.7. The van der Waals surface area contributed by atoms with E-state index >= 15 is 0 Å². The van der Waals surface area contributed by atoms with Gasteiger partial charge in [0.15, 0.2) is 0 Å². The van der Waals surface area contributed by atoms with Gasteiger partial charge in [-0.15, -0.1) is 0 Å². The van der Waals surface area contributed by atoms with Crippen LogP contribution in [0.15, 0.2) is 48.5 Å². The number of aliphatic carboxylic acids is 1. The van der Waals surface area contributed by atoms with E-state index in [1.807, 2.05) is 12.1 Å². The second-order valence-electron chi connectivity index (χ2n) is 8.57. The molecule has 0 fully saturated rings. The predicted octanol–water partition coefficient (Wildman–Crippen LogP) is 6.02. The molecule has 0 spiro atoms. The number of rotatable bonds is 11. The number of carboxylic acids is 1. The lowest BCUT2D eigenvalue weighted by molar-refractivity contribution is -0.144. The third-order valence-corrected chi connectivity index (χ3v) is 6.08. The van der Waals surface area contributed by atoms with E-state index in [1.165, 1.54) is 30.2 Å². The van der Waals surface area contributed by atoms with Gasteiger partial charge in [0.1, 0.15) is 0 Å². The van der Waals surface area contributed by atoms with Crippen molar-refractivity contribution in [1.29, 1.82) is 0 Å². The highest BCUT2D eigenvalue weighted by Gasteiger charge is 2.15. The molecule has 1 N–H and O–H groups in total. The Hall–Kier alpha value is -2.66. The van der Waals surface area contributed by atoms with E-state index in [2.05, 4.69) is 75.8 Å². The van der Waals surface area contributed by atoms with Crippen molar-refractivity contribution in [3.63, 3.8) is 0 Å². The Morgan fingerprint density at radius 3 is 1.64 bits per heavy atom. The molecule has 2 atom stereocenters. The highest BCUT2D eigenvalue weighted by atomic mass is 16.5. The molecule has 33 heavy (non-hydrogen) atoms. The topological polar surface area (TPSA) is 66.8 Å². The van der Waals surface area contributed by atoms with Gasteiger partial charge < -0.3 is 9.84 Å². The Bertz CT molecular complexity index is 830. The lowest BCUT2D eigenvalue weighted by Gasteiger charge is -2.19. The SMILES string of the molecule is CCC(C)c1ccc(CN(CC(=O)O)CC(=O)OC)cc1.CCc1ccc(C(C)CC)cc1. The van der Waals surface area contributed by atoms with Gasteiger partial charge in [0.05, 0.1) is 20.2 Å². The Morgan fingerprint density at radius 1 is 0.818 bits per heavy atom. The number of hydrogen-bond acceptors (Lipinski definition) is 4. The quantitative estimate of drug-likeness (QED) is 0.420. The van der Waals surface area contributed by atoms with E-state index in [-0.39, 0.29) is 13.1 Å². The largest absolute Gasteiger partial charge is 0.480 e. The van der Waals surface area contributed by atoms with Gasteiger partial charge in [0, 0.05) is 6.54 Å². The summed E-state index contributed by atoms with van der Waals surface area (Å²) in [5.41, 5.74) is 5.14. The van der Waals surface area contributed by atoms with E-state index in [0.29, 0.717) is 18.4 Å². The summed E-state index contributed by atoms with van der Waals surface area (Å²) in [6.45, 7) is 11.2. The molecule has 0 saturated heterocycles. The molecule has 5 nitrogen and oxygen atoms in total. The molecule has 0 aliphatic heterocycles. The van der Waals surface area contributed by atoms with Gasteiger partial charge in [-0.05, 0) is 53.4 Å². The van der Waals surface area contributed by atoms with Crippen molar-refractivity contribution in [2.75, 3.05) is 20.2 Å². The average molecular weight is 456 g/mol. The maximum atomic E-state index is 11.3. The average Bonchev–Trinajstić information content (AvgIpc) is 2.83. The van der Waals surface area contributed by atoms with Crippen LogP contribution in [0.1, 0.15) is 81.5 Å². The van der Waals surface area contributed by atoms with Gasteiger partial charge in [-0.2, -0.15) is 0 Å². The molecule has 2 aromatic rings. The van der Waals surface area contributed by atoms with Crippen LogP contribution in [0, 0.1) is 0 Å². The molecule has 0 amide bonds. The minimum atomic E-state index is -0.963. The van der Waals surface area contributed by atoms with Crippen molar-refractivity contribution in [3.8, 4) is 0 Å². The summed E-state index contributed by atoms with van der Waals surface area (Å²) in [6, 6.07) is 17.1. The molecule has 0 heterocycles. The van der Waals surface area contributed by atoms with Crippen LogP contribution in [-0.2, 0) is 27.3 Å². The van der Waals surface area contributed by atoms with Crippen molar-refractivity contribution < 1.29 is 19.4 Å². The Labute approximate surface area is 199 Å². The maximum absolute atomic E-state index is 11.3. The van der Waals surface area contributed by atoms with Crippen molar-refractivity contribution in [3.05, 3.63) is 70.8 Å². The Balaban J connectivity index is 0.000000383. The van der Waals surface area contributed by atoms with Crippen LogP contribution < -0.4 is 0 Å². The van der Waals surface area contributed by atoms with Crippen LogP contribution in [0.2, 0.25) is 0 Å². The zero-order chi connectivity index (χ0) is 24.8. The Kier molecular flexibility index (Phi) is 13.1. The zero-order valence-electron chi connectivity index (χ0n) is 21.1. The summed E-state index contributed by atoms with van der Waals surface area (Å²) >= 11 is 0. The first-order valence-electron chi connectivity index (χ1n) is 11.9. The van der Waals surface area contributed by atoms with Crippen molar-refractivity contribution >= 4 is 11.9 Å². The first kappa shape index (κ1) is 28.4. The van der Waals surface area contributed by atoms with E-state index in [1.54, 1.807) is 4.90 Å². The fraction of sp³-hybridized carbons (Fsp3) is 0.500. The maximum Gasteiger partial charge on any atom is 0.319 e. The summed E-state index contributed by atoms with van der Waals surface area (Å²) < 4.78 is 4.59. The third-order valence-electron chi connectivity index (χ3n) is 6.08. The summed E-state index contributed by atoms with van der Waals surface area (Å²) in [7, 11) is 1.29. The molecule has 0 bridgehead atoms. The predicted molar refractivity (Wildman–Crippen MR) is 135 cm³/mol. The smallest absolute Gasteiger partial charge is 0.319 e. The number of methoxy groups -OCH3 is 1. The van der Waals surface area contributed by atoms with Gasteiger partial charge in [-0.3, -0.25) is 14.5 Å². The highest BCUT2D eigenvalue weighted by Crippen LogP contribution is 2.20. The normalized spacial score (nSPS) is 12.5. The summed E-state index contributed by atoms with van der Waals surface area (Å²) in [5.74, 6) is -0.192. The zero-order valence-corrected chi connectivity index (χ0v) is 21.1. The van der Waals surface area contributed by atoms with E-state index in [0.717, 1.165) is 18.4 Å². The number of ether oxygens (including phenoxy) is 1. The number of benzene rings is 2. The molecular formula is C28H41NO4. The minimum Gasteiger partial charge on any atom is -0.480 e. The van der Waals surface area contributed by atoms with Gasteiger partial charge in [-0.1, -0.05) is 83.1 Å². The molecule has 0 aromatic heterocycles. The third kappa shape index (κ3) is 10.7. The van der Waals surface area contributed by atoms with Crippen molar-refractivity contribution in [2.24, 2.45) is 0 Å². The molecule has 0 radical (unpaired) electrons. The van der Waals surface area contributed by atoms with Crippen molar-refractivity contribution in [2.45, 2.75) is 72.3 Å². The fourth-order valence-electron chi connectivity index (χ4n) is 3.37. The minimum absolute atomic E-state index is 0.0318. The van der Waals surface area contributed by atoms with Crippen LogP contribution in [0.3, 0.4) is 0 Å². The van der Waals surface area contributed by atoms with Gasteiger partial charge >= 0.3 is 11.9 Å². The van der Waals surface area contributed by atoms with Crippen molar-refractivity contribution in [1.82, 2.24) is 4.90 Å². The molecule has 182 valence electrons. The number of carbonyl (C=O) groups is 2. The van der Waals surface area contributed by atoms with Gasteiger partial charge in [0.25, 0.3) is 0 Å². The van der Waals surface area contributed by atoms with E-state index in [9.17, 15) is 9.59 Å². The number of carboxylic acid groups (broad SMARTS) is 1. The van der Waals surface area contributed by atoms with Gasteiger partial charge in [-0.25, -0.2) is 0 Å². The first-order chi connectivity index (χ1) is 15.7. The number of carbonyl (C=O) groups excluding carboxylic acids is 1. The molecule has 2 unspecified atom stereocenters. The number of nitrogens with zero attached hydrogens (tertiary/aromatic N) is 1. The van der Waals surface area contributed by atoms with Crippen LogP contribution in [0.25, 0.3) is 0 Å². The number of aryl methyl sites for hydroxylation is 1. The molecule has 5 heteroatoms. The molecule has 0 aliphatic rings. The molecule has 2 rings (SSSR count). The second-order valence-corrected chi connectivity index (χ2v) is 8.57. The highest BCUT2D eigenvalue weighted by molar-refractivity contribution is 5.73. The summed E-state index contributed by atoms with van der Waals surface area (Å²) in [5, 5.41) is 8.90. The monoisotopic (exact) mass is 455 g/mol. The van der Waals surface area contributed by atoms with Crippen LogP contribution in [0.5, 0.6) is 0 Å². The fourth-order valence-corrected chi connectivity index (χ4v) is 3.37. The van der Waals surface area contributed by atoms with E-state index < -0.39 is 11.9 Å². The standard InChI is InChI=1S/C16H23NO4.C12H18/c1-4-12(2)14-7-5-13(6-8-14)9-17(10-15(18)19)11-16(20)21-3;1-4-10(3)12-8-6-11(5-2)7-9-12/h5-8,12H,4,9-11H2,1-3H3,(H,18,19);6-10H,4-5H2,1-3H3.